The lowest BCUT2D eigenvalue weighted by atomic mass is 10.1. The molecular weight excluding hydrogens is 200 g/mol. The Kier molecular flexibility index (Phi) is 2.33. The lowest BCUT2D eigenvalue weighted by Gasteiger charge is -2.31. The summed E-state index contributed by atoms with van der Waals surface area (Å²) in [5.41, 5.74) is 6.70. The molecule has 0 unspecified atom stereocenters. The van der Waals surface area contributed by atoms with Crippen molar-refractivity contribution < 1.29 is 4.79 Å². The van der Waals surface area contributed by atoms with Gasteiger partial charge in [0.2, 0.25) is 0 Å². The summed E-state index contributed by atoms with van der Waals surface area (Å²) in [5, 5.41) is 0.545. The van der Waals surface area contributed by atoms with E-state index >= 15 is 0 Å². The van der Waals surface area contributed by atoms with E-state index in [1.165, 1.54) is 0 Å². The molecular formula is C10H11ClN2O. The molecule has 1 aliphatic rings. The molecule has 0 radical (unpaired) electrons. The van der Waals surface area contributed by atoms with Gasteiger partial charge in [0, 0.05) is 23.8 Å². The number of nitrogens with two attached hydrogens (primary N) is 1. The molecule has 74 valence electrons. The van der Waals surface area contributed by atoms with Gasteiger partial charge < -0.3 is 10.6 Å². The molecule has 3 nitrogen and oxygen atoms in total. The molecule has 0 aliphatic carbocycles. The summed E-state index contributed by atoms with van der Waals surface area (Å²) in [4.78, 5) is 13.6. The predicted molar refractivity (Wildman–Crippen MR) is 56.4 cm³/mol. The molecule has 1 heterocycles. The third-order valence-electron chi connectivity index (χ3n) is 2.39. The number of carbonyl (C=O) groups is 1. The Hall–Kier alpha value is -1.22. The largest absolute Gasteiger partial charge is 0.398 e. The molecule has 1 aromatic carbocycles. The van der Waals surface area contributed by atoms with Gasteiger partial charge in [0.1, 0.15) is 0 Å². The van der Waals surface area contributed by atoms with Gasteiger partial charge in [0.25, 0.3) is 5.91 Å². The third-order valence-corrected chi connectivity index (χ3v) is 2.62. The predicted octanol–water partition coefficient (Wildman–Crippen LogP) is 1.77. The summed E-state index contributed by atoms with van der Waals surface area (Å²) >= 11 is 5.80. The van der Waals surface area contributed by atoms with Crippen molar-refractivity contribution in [2.45, 2.75) is 6.42 Å². The minimum Gasteiger partial charge on any atom is -0.398 e. The van der Waals surface area contributed by atoms with Crippen LogP contribution in [-0.2, 0) is 0 Å². The van der Waals surface area contributed by atoms with E-state index in [4.69, 9.17) is 17.3 Å². The second-order valence-electron chi connectivity index (χ2n) is 3.38. The van der Waals surface area contributed by atoms with E-state index in [1.54, 1.807) is 23.1 Å². The van der Waals surface area contributed by atoms with Crippen molar-refractivity contribution in [3.63, 3.8) is 0 Å². The number of hydrogen-bond acceptors (Lipinski definition) is 2. The zero-order valence-electron chi connectivity index (χ0n) is 7.66. The fourth-order valence-corrected chi connectivity index (χ4v) is 1.58. The number of likely N-dealkylation sites (tertiary alicyclic amines) is 1. The summed E-state index contributed by atoms with van der Waals surface area (Å²) in [6.07, 6.45) is 1.08. The van der Waals surface area contributed by atoms with Crippen molar-refractivity contribution in [2.24, 2.45) is 0 Å². The summed E-state index contributed by atoms with van der Waals surface area (Å²) < 4.78 is 0. The van der Waals surface area contributed by atoms with Crippen LogP contribution in [0.2, 0.25) is 5.02 Å². The topological polar surface area (TPSA) is 46.3 Å². The number of rotatable bonds is 1. The second-order valence-corrected chi connectivity index (χ2v) is 3.81. The zero-order valence-corrected chi connectivity index (χ0v) is 8.42. The summed E-state index contributed by atoms with van der Waals surface area (Å²) in [6, 6.07) is 4.97. The molecule has 1 amide bonds. The highest BCUT2D eigenvalue weighted by Crippen LogP contribution is 2.21. The quantitative estimate of drug-likeness (QED) is 0.719. The Labute approximate surface area is 87.4 Å². The van der Waals surface area contributed by atoms with Crippen molar-refractivity contribution in [2.75, 3.05) is 18.8 Å². The lowest BCUT2D eigenvalue weighted by Crippen LogP contribution is -2.42. The van der Waals surface area contributed by atoms with Gasteiger partial charge in [0.15, 0.2) is 0 Å². The van der Waals surface area contributed by atoms with Crippen LogP contribution in [0.3, 0.4) is 0 Å². The van der Waals surface area contributed by atoms with Gasteiger partial charge in [-0.25, -0.2) is 0 Å². The zero-order chi connectivity index (χ0) is 10.1. The number of benzene rings is 1. The maximum absolute atomic E-state index is 11.8. The first kappa shape index (κ1) is 9.34. The molecule has 1 aromatic rings. The molecule has 14 heavy (non-hydrogen) atoms. The molecule has 0 aromatic heterocycles. The standard InChI is InChI=1S/C10H11ClN2O/c11-7-2-3-9(12)8(6-7)10(14)13-4-1-5-13/h2-3,6H,1,4-5,12H2. The molecule has 2 rings (SSSR count). The van der Waals surface area contributed by atoms with E-state index in [2.05, 4.69) is 0 Å². The number of nitrogen functional groups attached to an aromatic ring is 1. The van der Waals surface area contributed by atoms with Gasteiger partial charge in [-0.05, 0) is 24.6 Å². The van der Waals surface area contributed by atoms with Crippen LogP contribution in [0, 0.1) is 0 Å². The Morgan fingerprint density at radius 2 is 2.14 bits per heavy atom. The van der Waals surface area contributed by atoms with E-state index in [1.807, 2.05) is 0 Å². The van der Waals surface area contributed by atoms with Gasteiger partial charge in [-0.2, -0.15) is 0 Å². The first-order valence-corrected chi connectivity index (χ1v) is 4.90. The van der Waals surface area contributed by atoms with E-state index in [-0.39, 0.29) is 5.91 Å². The summed E-state index contributed by atoms with van der Waals surface area (Å²) in [7, 11) is 0. The van der Waals surface area contributed by atoms with Crippen LogP contribution in [0.15, 0.2) is 18.2 Å². The van der Waals surface area contributed by atoms with Gasteiger partial charge in [-0.15, -0.1) is 0 Å². The number of nitrogens with zero attached hydrogens (tertiary/aromatic N) is 1. The van der Waals surface area contributed by atoms with E-state index in [0.29, 0.717) is 16.3 Å². The average molecular weight is 211 g/mol. The van der Waals surface area contributed by atoms with Crippen LogP contribution < -0.4 is 5.73 Å². The van der Waals surface area contributed by atoms with Crippen LogP contribution in [0.25, 0.3) is 0 Å². The highest BCUT2D eigenvalue weighted by molar-refractivity contribution is 6.31. The molecule has 0 spiro atoms. The van der Waals surface area contributed by atoms with Crippen LogP contribution in [-0.4, -0.2) is 23.9 Å². The Bertz CT molecular complexity index is 374. The highest BCUT2D eigenvalue weighted by atomic mass is 35.5. The summed E-state index contributed by atoms with van der Waals surface area (Å²) in [6.45, 7) is 1.65. The smallest absolute Gasteiger partial charge is 0.255 e. The Morgan fingerprint density at radius 3 is 2.71 bits per heavy atom. The Morgan fingerprint density at radius 1 is 1.43 bits per heavy atom. The maximum atomic E-state index is 11.8. The molecule has 1 fully saturated rings. The fourth-order valence-electron chi connectivity index (χ4n) is 1.40. The van der Waals surface area contributed by atoms with Crippen molar-refractivity contribution in [3.8, 4) is 0 Å². The maximum Gasteiger partial charge on any atom is 0.255 e. The number of amides is 1. The van der Waals surface area contributed by atoms with E-state index in [9.17, 15) is 4.79 Å². The van der Waals surface area contributed by atoms with Crippen molar-refractivity contribution in [3.05, 3.63) is 28.8 Å². The molecule has 0 atom stereocenters. The third kappa shape index (κ3) is 1.55. The summed E-state index contributed by atoms with van der Waals surface area (Å²) in [5.74, 6) is -0.0174. The molecule has 0 bridgehead atoms. The minimum atomic E-state index is -0.0174. The normalized spacial score (nSPS) is 15.1. The highest BCUT2D eigenvalue weighted by Gasteiger charge is 2.23. The van der Waals surface area contributed by atoms with Crippen LogP contribution >= 0.6 is 11.6 Å². The van der Waals surface area contributed by atoms with Gasteiger partial charge in [0.05, 0.1) is 5.56 Å². The van der Waals surface area contributed by atoms with Gasteiger partial charge >= 0.3 is 0 Å². The van der Waals surface area contributed by atoms with Crippen LogP contribution in [0.1, 0.15) is 16.8 Å². The number of hydrogen-bond donors (Lipinski definition) is 1. The SMILES string of the molecule is Nc1ccc(Cl)cc1C(=O)N1CCC1. The number of carbonyl (C=O) groups excluding carboxylic acids is 1. The molecule has 1 aliphatic heterocycles. The molecule has 2 N–H and O–H groups in total. The number of halogens is 1. The second kappa shape index (κ2) is 3.50. The first-order valence-electron chi connectivity index (χ1n) is 4.53. The van der Waals surface area contributed by atoms with Gasteiger partial charge in [-0.1, -0.05) is 11.6 Å². The molecule has 4 heteroatoms. The monoisotopic (exact) mass is 210 g/mol. The van der Waals surface area contributed by atoms with E-state index < -0.39 is 0 Å². The van der Waals surface area contributed by atoms with Crippen molar-refractivity contribution in [1.29, 1.82) is 0 Å². The first-order chi connectivity index (χ1) is 6.68. The van der Waals surface area contributed by atoms with Crippen molar-refractivity contribution >= 4 is 23.2 Å². The van der Waals surface area contributed by atoms with Crippen LogP contribution in [0.5, 0.6) is 0 Å². The molecule has 1 saturated heterocycles. The van der Waals surface area contributed by atoms with Gasteiger partial charge in [-0.3, -0.25) is 4.79 Å². The van der Waals surface area contributed by atoms with E-state index in [0.717, 1.165) is 19.5 Å². The van der Waals surface area contributed by atoms with Crippen LogP contribution in [0.4, 0.5) is 5.69 Å². The lowest BCUT2D eigenvalue weighted by molar-refractivity contribution is 0.0653. The average Bonchev–Trinajstić information content (AvgIpc) is 2.06. The number of anilines is 1. The Balaban J connectivity index is 2.29. The minimum absolute atomic E-state index is 0.0174. The fraction of sp³-hybridized carbons (Fsp3) is 0.300. The molecule has 0 saturated carbocycles. The van der Waals surface area contributed by atoms with Crippen molar-refractivity contribution in [1.82, 2.24) is 4.90 Å².